The summed E-state index contributed by atoms with van der Waals surface area (Å²) in [6.07, 6.45) is 1.96. The summed E-state index contributed by atoms with van der Waals surface area (Å²) in [5, 5.41) is 10.1. The Kier molecular flexibility index (Phi) is 2.73. The average molecular weight is 305 g/mol. The molecule has 1 aromatic carbocycles. The van der Waals surface area contributed by atoms with Crippen molar-refractivity contribution in [3.8, 4) is 11.3 Å². The number of hydrogen-bond donors (Lipinski definition) is 1. The van der Waals surface area contributed by atoms with Crippen LogP contribution in [0.2, 0.25) is 0 Å². The molecule has 5 rings (SSSR count). The van der Waals surface area contributed by atoms with Gasteiger partial charge in [0, 0.05) is 54.3 Å². The van der Waals surface area contributed by atoms with Gasteiger partial charge in [-0.1, -0.05) is 6.07 Å². The van der Waals surface area contributed by atoms with Gasteiger partial charge in [-0.3, -0.25) is 0 Å². The number of likely N-dealkylation sites (N-methyl/N-ethyl adjacent to an activating group) is 1. The van der Waals surface area contributed by atoms with Gasteiger partial charge in [-0.2, -0.15) is 0 Å². The molecule has 5 nitrogen and oxygen atoms in total. The van der Waals surface area contributed by atoms with Crippen molar-refractivity contribution in [3.63, 3.8) is 0 Å². The second-order valence-corrected chi connectivity index (χ2v) is 6.73. The molecular weight excluding hydrogens is 286 g/mol. The molecule has 3 aromatic rings. The van der Waals surface area contributed by atoms with Crippen LogP contribution in [0.25, 0.3) is 22.2 Å². The maximum atomic E-state index is 4.48. The third kappa shape index (κ3) is 2.04. The Balaban J connectivity index is 1.41. The lowest BCUT2D eigenvalue weighted by Gasteiger charge is -2.40. The number of benzene rings is 1. The van der Waals surface area contributed by atoms with E-state index in [2.05, 4.69) is 68.4 Å². The van der Waals surface area contributed by atoms with E-state index in [1.807, 2.05) is 6.20 Å². The first kappa shape index (κ1) is 13.1. The third-order valence-electron chi connectivity index (χ3n) is 5.32. The summed E-state index contributed by atoms with van der Waals surface area (Å²) in [5.41, 5.74) is 3.18. The minimum Gasteiger partial charge on any atom is -0.361 e. The van der Waals surface area contributed by atoms with E-state index in [1.165, 1.54) is 11.9 Å². The van der Waals surface area contributed by atoms with Crippen LogP contribution in [0.15, 0.2) is 42.6 Å². The fourth-order valence-corrected chi connectivity index (χ4v) is 3.95. The van der Waals surface area contributed by atoms with Crippen LogP contribution in [-0.4, -0.2) is 52.8 Å². The van der Waals surface area contributed by atoms with Crippen molar-refractivity contribution in [1.82, 2.24) is 20.1 Å². The monoisotopic (exact) mass is 305 g/mol. The van der Waals surface area contributed by atoms with Crippen molar-refractivity contribution in [2.24, 2.45) is 5.92 Å². The lowest BCUT2D eigenvalue weighted by atomic mass is 9.93. The summed E-state index contributed by atoms with van der Waals surface area (Å²) in [6.45, 7) is 3.40. The van der Waals surface area contributed by atoms with Gasteiger partial charge in [0.1, 0.15) is 0 Å². The Morgan fingerprint density at radius 1 is 1.04 bits per heavy atom. The van der Waals surface area contributed by atoms with Crippen molar-refractivity contribution >= 4 is 16.7 Å². The van der Waals surface area contributed by atoms with Crippen LogP contribution in [0.1, 0.15) is 0 Å². The van der Waals surface area contributed by atoms with Crippen LogP contribution >= 0.6 is 0 Å². The highest BCUT2D eigenvalue weighted by molar-refractivity contribution is 5.84. The van der Waals surface area contributed by atoms with Crippen molar-refractivity contribution in [2.75, 3.05) is 31.6 Å². The van der Waals surface area contributed by atoms with Crippen LogP contribution in [0.4, 0.5) is 5.82 Å². The minimum atomic E-state index is 0.701. The molecule has 0 bridgehead atoms. The van der Waals surface area contributed by atoms with Crippen molar-refractivity contribution < 1.29 is 0 Å². The van der Waals surface area contributed by atoms with Gasteiger partial charge >= 0.3 is 0 Å². The lowest BCUT2D eigenvalue weighted by Crippen LogP contribution is -2.52. The number of anilines is 1. The molecule has 0 saturated carbocycles. The highest BCUT2D eigenvalue weighted by Gasteiger charge is 2.43. The predicted octanol–water partition coefficient (Wildman–Crippen LogP) is 2.38. The Hall–Kier alpha value is -2.40. The molecule has 0 spiro atoms. The Labute approximate surface area is 134 Å². The van der Waals surface area contributed by atoms with Crippen LogP contribution in [0, 0.1) is 5.92 Å². The zero-order chi connectivity index (χ0) is 15.4. The molecule has 2 atom stereocenters. The van der Waals surface area contributed by atoms with Gasteiger partial charge in [0.15, 0.2) is 5.82 Å². The van der Waals surface area contributed by atoms with E-state index in [9.17, 15) is 0 Å². The van der Waals surface area contributed by atoms with Gasteiger partial charge in [0.2, 0.25) is 0 Å². The second kappa shape index (κ2) is 4.80. The molecule has 0 amide bonds. The number of likely N-dealkylation sites (tertiary alicyclic amines) is 1. The summed E-state index contributed by atoms with van der Waals surface area (Å²) < 4.78 is 0. The highest BCUT2D eigenvalue weighted by atomic mass is 15.3. The van der Waals surface area contributed by atoms with Gasteiger partial charge in [-0.05, 0) is 37.4 Å². The molecule has 4 heterocycles. The SMILES string of the molecule is CN1CC2CN(c3ccc(-c4ccc5[nH]ccc5c4)nn3)CC21. The normalized spacial score (nSPS) is 24.0. The summed E-state index contributed by atoms with van der Waals surface area (Å²) in [5.74, 6) is 1.80. The summed E-state index contributed by atoms with van der Waals surface area (Å²) in [7, 11) is 2.20. The molecule has 2 saturated heterocycles. The van der Waals surface area contributed by atoms with E-state index in [4.69, 9.17) is 0 Å². The number of aromatic nitrogens is 3. The van der Waals surface area contributed by atoms with Crippen molar-refractivity contribution in [2.45, 2.75) is 6.04 Å². The maximum absolute atomic E-state index is 4.48. The molecule has 0 radical (unpaired) electrons. The van der Waals surface area contributed by atoms with Gasteiger partial charge in [-0.15, -0.1) is 10.2 Å². The summed E-state index contributed by atoms with van der Waals surface area (Å²) in [4.78, 5) is 8.01. The predicted molar refractivity (Wildman–Crippen MR) is 91.4 cm³/mol. The zero-order valence-electron chi connectivity index (χ0n) is 13.1. The Morgan fingerprint density at radius 2 is 2.00 bits per heavy atom. The number of aromatic amines is 1. The van der Waals surface area contributed by atoms with Crippen LogP contribution < -0.4 is 4.90 Å². The van der Waals surface area contributed by atoms with E-state index < -0.39 is 0 Å². The van der Waals surface area contributed by atoms with E-state index in [0.717, 1.165) is 41.6 Å². The van der Waals surface area contributed by atoms with Crippen LogP contribution in [0.5, 0.6) is 0 Å². The topological polar surface area (TPSA) is 48.0 Å². The molecule has 2 unspecified atom stereocenters. The summed E-state index contributed by atoms with van der Waals surface area (Å²) in [6, 6.07) is 13.3. The number of nitrogens with zero attached hydrogens (tertiary/aromatic N) is 4. The van der Waals surface area contributed by atoms with Gasteiger partial charge in [0.05, 0.1) is 5.69 Å². The molecular formula is C18H19N5. The quantitative estimate of drug-likeness (QED) is 0.790. The number of rotatable bonds is 2. The maximum Gasteiger partial charge on any atom is 0.151 e. The molecule has 0 aliphatic carbocycles. The first-order valence-corrected chi connectivity index (χ1v) is 8.14. The fourth-order valence-electron chi connectivity index (χ4n) is 3.95. The third-order valence-corrected chi connectivity index (χ3v) is 5.32. The van der Waals surface area contributed by atoms with Crippen LogP contribution in [-0.2, 0) is 0 Å². The van der Waals surface area contributed by atoms with E-state index in [0.29, 0.717) is 6.04 Å². The Bertz CT molecular complexity index is 853. The fraction of sp³-hybridized carbons (Fsp3) is 0.333. The first-order chi connectivity index (χ1) is 11.3. The molecule has 2 fully saturated rings. The zero-order valence-corrected chi connectivity index (χ0v) is 13.1. The number of fused-ring (bicyclic) bond motifs is 2. The summed E-state index contributed by atoms with van der Waals surface area (Å²) >= 11 is 0. The molecule has 2 aliphatic heterocycles. The van der Waals surface area contributed by atoms with E-state index in [1.54, 1.807) is 0 Å². The minimum absolute atomic E-state index is 0.701. The number of hydrogen-bond acceptors (Lipinski definition) is 4. The van der Waals surface area contributed by atoms with Gasteiger partial charge < -0.3 is 14.8 Å². The average Bonchev–Trinajstić information content (AvgIpc) is 3.18. The molecule has 23 heavy (non-hydrogen) atoms. The molecule has 1 N–H and O–H groups in total. The largest absolute Gasteiger partial charge is 0.361 e. The lowest BCUT2D eigenvalue weighted by molar-refractivity contribution is 0.0827. The van der Waals surface area contributed by atoms with Gasteiger partial charge in [0.25, 0.3) is 0 Å². The van der Waals surface area contributed by atoms with Crippen molar-refractivity contribution in [3.05, 3.63) is 42.6 Å². The molecule has 2 aromatic heterocycles. The van der Waals surface area contributed by atoms with Crippen LogP contribution in [0.3, 0.4) is 0 Å². The van der Waals surface area contributed by atoms with E-state index >= 15 is 0 Å². The Morgan fingerprint density at radius 3 is 2.78 bits per heavy atom. The standard InChI is InChI=1S/C18H19N5/c1-22-9-14-10-23(11-17(14)22)18-5-4-16(20-21-18)12-2-3-15-13(8-12)6-7-19-15/h2-8,14,17,19H,9-11H2,1H3. The smallest absolute Gasteiger partial charge is 0.151 e. The number of nitrogens with one attached hydrogen (secondary N) is 1. The molecule has 5 heteroatoms. The second-order valence-electron chi connectivity index (χ2n) is 6.73. The number of H-pyrrole nitrogens is 1. The first-order valence-electron chi connectivity index (χ1n) is 8.14. The van der Waals surface area contributed by atoms with Crippen molar-refractivity contribution in [1.29, 1.82) is 0 Å². The molecule has 116 valence electrons. The molecule has 2 aliphatic rings. The van der Waals surface area contributed by atoms with E-state index in [-0.39, 0.29) is 0 Å². The highest BCUT2D eigenvalue weighted by Crippen LogP contribution is 2.33. The van der Waals surface area contributed by atoms with Gasteiger partial charge in [-0.25, -0.2) is 0 Å².